The molecule has 0 aliphatic heterocycles. The molecule has 0 aliphatic carbocycles. The van der Waals surface area contributed by atoms with E-state index < -0.39 is 0 Å². The molecule has 0 rings (SSSR count). The average molecular weight is 278 g/mol. The Morgan fingerprint density at radius 2 is 0.750 bits per heavy atom. The molecule has 0 aromatic rings. The largest absolute Gasteiger partial charge is 0 e. The van der Waals surface area contributed by atoms with Crippen LogP contribution in [0.1, 0.15) is 0 Å². The van der Waals surface area contributed by atoms with Crippen LogP contribution in [0.2, 0.25) is 0 Å². The van der Waals surface area contributed by atoms with Crippen LogP contribution in [0.4, 0.5) is 0 Å². The SMILES string of the molecule is [BaH2].[CaH2].[CaH2].[Mn]. The second-order valence-corrected chi connectivity index (χ2v) is 0. The van der Waals surface area contributed by atoms with Crippen molar-refractivity contribution in [3.05, 3.63) is 0 Å². The quantitative estimate of drug-likeness (QED) is 0.422. The standard InChI is InChI=1S/Ba.2Ca.Mn.6H. The van der Waals surface area contributed by atoms with E-state index >= 15 is 0 Å². The normalized spacial score (nSPS) is 0. The van der Waals surface area contributed by atoms with Crippen molar-refractivity contribution in [2.75, 3.05) is 0 Å². The Hall–Kier alpha value is 4.61. The summed E-state index contributed by atoms with van der Waals surface area (Å²) in [6.07, 6.45) is 0. The Balaban J connectivity index is 0. The smallest absolute Gasteiger partial charge is 0 e. The molecule has 1 radical (unpaired) electrons. The Bertz CT molecular complexity index is 6.00. The summed E-state index contributed by atoms with van der Waals surface area (Å²) < 4.78 is 0. The second-order valence-electron chi connectivity index (χ2n) is 0. The average Bonchev–Trinajstić information content (AvgIpc) is 0. The summed E-state index contributed by atoms with van der Waals surface area (Å²) in [5, 5.41) is 0. The molecule has 0 aromatic carbocycles. The Kier molecular flexibility index (Phi) is 91.8. The zero-order valence-corrected chi connectivity index (χ0v) is 1.56. The Morgan fingerprint density at radius 1 is 0.750 bits per heavy atom. The molecular weight excluding hydrogens is 272 g/mol. The third-order valence-corrected chi connectivity index (χ3v) is 0. The maximum Gasteiger partial charge on any atom is 0 e. The van der Waals surface area contributed by atoms with Crippen molar-refractivity contribution in [3.8, 4) is 0 Å². The molecule has 0 unspecified atom stereocenters. The van der Waals surface area contributed by atoms with Gasteiger partial charge in [-0.3, -0.25) is 0 Å². The van der Waals surface area contributed by atoms with Crippen molar-refractivity contribution in [1.82, 2.24) is 0 Å². The molecule has 0 nitrogen and oxygen atoms in total. The van der Waals surface area contributed by atoms with E-state index in [9.17, 15) is 0 Å². The van der Waals surface area contributed by atoms with Gasteiger partial charge in [-0.1, -0.05) is 0 Å². The van der Waals surface area contributed by atoms with Gasteiger partial charge in [-0.15, -0.1) is 0 Å². The van der Waals surface area contributed by atoms with E-state index in [0.717, 1.165) is 0 Å². The van der Waals surface area contributed by atoms with Crippen LogP contribution < -0.4 is 0 Å². The first-order valence-electron chi connectivity index (χ1n) is 0. The van der Waals surface area contributed by atoms with E-state index in [1.807, 2.05) is 0 Å². The minimum Gasteiger partial charge on any atom is 0 e. The minimum atomic E-state index is 0. The fourth-order valence-corrected chi connectivity index (χ4v) is 0. The maximum absolute atomic E-state index is 0. The zero-order valence-electron chi connectivity index (χ0n) is 0.378. The number of rotatable bonds is 0. The van der Waals surface area contributed by atoms with Gasteiger partial charge < -0.3 is 0 Å². The molecule has 0 amide bonds. The first-order valence-corrected chi connectivity index (χ1v) is 0. The molecule has 0 aromatic heterocycles. The van der Waals surface area contributed by atoms with Gasteiger partial charge in [0.1, 0.15) is 0 Å². The third-order valence-electron chi connectivity index (χ3n) is 0. The molecule has 0 fully saturated rings. The van der Waals surface area contributed by atoms with Crippen LogP contribution >= 0.6 is 0 Å². The Labute approximate surface area is 137 Å². The predicted octanol–water partition coefficient (Wildman–Crippen LogP) is -2.75. The molecule has 0 spiro atoms. The van der Waals surface area contributed by atoms with Crippen LogP contribution in [0.5, 0.6) is 0 Å². The van der Waals surface area contributed by atoms with Crippen LogP contribution in [0.25, 0.3) is 0 Å². The van der Waals surface area contributed by atoms with Gasteiger partial charge in [-0.05, 0) is 0 Å². The predicted molar refractivity (Wildman–Crippen MR) is 25.6 cm³/mol. The molecule has 0 saturated heterocycles. The van der Waals surface area contributed by atoms with Gasteiger partial charge in [0, 0.05) is 17.1 Å². The van der Waals surface area contributed by atoms with E-state index in [2.05, 4.69) is 0 Å². The summed E-state index contributed by atoms with van der Waals surface area (Å²) in [4.78, 5) is 0. The monoisotopic (exact) mass is 279 g/mol. The second kappa shape index (κ2) is 15.6. The van der Waals surface area contributed by atoms with Crippen molar-refractivity contribution in [3.63, 3.8) is 0 Å². The van der Waals surface area contributed by atoms with E-state index in [1.165, 1.54) is 0 Å². The van der Waals surface area contributed by atoms with Crippen LogP contribution in [0.15, 0.2) is 0 Å². The summed E-state index contributed by atoms with van der Waals surface area (Å²) in [6, 6.07) is 0. The van der Waals surface area contributed by atoms with Crippen LogP contribution in [-0.2, 0) is 17.1 Å². The van der Waals surface area contributed by atoms with Crippen molar-refractivity contribution >= 4 is 124 Å². The van der Waals surface area contributed by atoms with Gasteiger partial charge in [0.2, 0.25) is 0 Å². The van der Waals surface area contributed by atoms with E-state index in [0.29, 0.717) is 0 Å². The summed E-state index contributed by atoms with van der Waals surface area (Å²) >= 11 is 0. The first kappa shape index (κ1) is 23.5. The Morgan fingerprint density at radius 3 is 0.750 bits per heavy atom. The van der Waals surface area contributed by atoms with Crippen molar-refractivity contribution < 1.29 is 17.1 Å². The summed E-state index contributed by atoms with van der Waals surface area (Å²) in [7, 11) is 0. The molecule has 4 heteroatoms. The van der Waals surface area contributed by atoms with Gasteiger partial charge in [0.05, 0.1) is 0 Å². The molecule has 0 aliphatic rings. The summed E-state index contributed by atoms with van der Waals surface area (Å²) in [5.74, 6) is 0. The first-order chi connectivity index (χ1) is 0. The molecule has 0 atom stereocenters. The zero-order chi connectivity index (χ0) is 0. The van der Waals surface area contributed by atoms with Crippen molar-refractivity contribution in [2.24, 2.45) is 0 Å². The molecule has 0 bridgehead atoms. The molecular formula is H6BaCa2Mn. The van der Waals surface area contributed by atoms with Gasteiger partial charge in [-0.2, -0.15) is 0 Å². The van der Waals surface area contributed by atoms with Gasteiger partial charge >= 0.3 is 124 Å². The van der Waals surface area contributed by atoms with Gasteiger partial charge in [-0.25, -0.2) is 0 Å². The maximum atomic E-state index is 0. The van der Waals surface area contributed by atoms with Gasteiger partial charge in [0.15, 0.2) is 0 Å². The van der Waals surface area contributed by atoms with Crippen molar-refractivity contribution in [2.45, 2.75) is 0 Å². The van der Waals surface area contributed by atoms with Crippen LogP contribution in [0.3, 0.4) is 0 Å². The molecule has 4 heavy (non-hydrogen) atoms. The van der Waals surface area contributed by atoms with Crippen molar-refractivity contribution in [1.29, 1.82) is 0 Å². The summed E-state index contributed by atoms with van der Waals surface area (Å²) in [5.41, 5.74) is 0. The fourth-order valence-electron chi connectivity index (χ4n) is 0. The number of hydrogen-bond acceptors (Lipinski definition) is 0. The third kappa shape index (κ3) is 9.79. The fraction of sp³-hybridized carbons (Fsp3) is 0. The van der Waals surface area contributed by atoms with E-state index in [-0.39, 0.29) is 141 Å². The number of hydrogen-bond donors (Lipinski definition) is 0. The van der Waals surface area contributed by atoms with E-state index in [1.54, 1.807) is 0 Å². The van der Waals surface area contributed by atoms with Crippen LogP contribution in [0, 0.1) is 0 Å². The topological polar surface area (TPSA) is 0 Å². The van der Waals surface area contributed by atoms with Crippen LogP contribution in [-0.4, -0.2) is 124 Å². The molecule has 0 saturated carbocycles. The molecule has 0 N–H and O–H groups in total. The minimum absolute atomic E-state index is 0. The molecule has 19 valence electrons. The molecule has 0 heterocycles. The summed E-state index contributed by atoms with van der Waals surface area (Å²) in [6.45, 7) is 0. The van der Waals surface area contributed by atoms with E-state index in [4.69, 9.17) is 0 Å². The van der Waals surface area contributed by atoms with Gasteiger partial charge in [0.25, 0.3) is 0 Å².